The van der Waals surface area contributed by atoms with Crippen LogP contribution in [0.4, 0.5) is 0 Å². The number of rotatable bonds is 1. The fourth-order valence-corrected chi connectivity index (χ4v) is 5.56. The molecule has 0 radical (unpaired) electrons. The molecule has 2 aliphatic rings. The summed E-state index contributed by atoms with van der Waals surface area (Å²) in [7, 11) is -1.28. The highest BCUT2D eigenvalue weighted by Gasteiger charge is 2.49. The van der Waals surface area contributed by atoms with E-state index in [-0.39, 0.29) is 23.4 Å². The van der Waals surface area contributed by atoms with Crippen LogP contribution < -0.4 is 0 Å². The zero-order chi connectivity index (χ0) is 13.8. The van der Waals surface area contributed by atoms with Crippen molar-refractivity contribution in [3.63, 3.8) is 0 Å². The lowest BCUT2D eigenvalue weighted by Gasteiger charge is -2.24. The van der Waals surface area contributed by atoms with Crippen molar-refractivity contribution in [3.05, 3.63) is 35.4 Å². The predicted octanol–water partition coefficient (Wildman–Crippen LogP) is 3.80. The second-order valence-corrected chi connectivity index (χ2v) is 12.6. The monoisotopic (exact) mass is 272 g/mol. The van der Waals surface area contributed by atoms with E-state index in [1.165, 1.54) is 0 Å². The van der Waals surface area contributed by atoms with Gasteiger partial charge in [0.2, 0.25) is 0 Å². The number of Topliss-reactive ketones (excluding diaryl/α,β-unsaturated/α-hetero) is 2. The Kier molecular flexibility index (Phi) is 2.78. The number of hydrogen-bond acceptors (Lipinski definition) is 2. The molecule has 1 saturated carbocycles. The molecule has 0 N–H and O–H groups in total. The van der Waals surface area contributed by atoms with E-state index in [0.29, 0.717) is 16.7 Å². The first-order valence-corrected chi connectivity index (χ1v) is 10.6. The highest BCUT2D eigenvalue weighted by molar-refractivity contribution is 6.77. The molecule has 1 aromatic rings. The van der Waals surface area contributed by atoms with E-state index in [1.807, 2.05) is 24.3 Å². The molecule has 0 spiro atoms. The number of ketones is 2. The molecule has 0 heterocycles. The molecule has 3 rings (SSSR count). The van der Waals surface area contributed by atoms with Gasteiger partial charge in [0.15, 0.2) is 11.6 Å². The fraction of sp³-hybridized carbons (Fsp3) is 0.500. The SMILES string of the molecule is C[Si](C)(C)C1C[C@@H]2C(=O)c3ccccc3C(=O)[C@@H]2C1. The Bertz CT molecular complexity index is 513. The van der Waals surface area contributed by atoms with Crippen molar-refractivity contribution >= 4 is 19.6 Å². The van der Waals surface area contributed by atoms with Gasteiger partial charge in [-0.2, -0.15) is 0 Å². The quantitative estimate of drug-likeness (QED) is 0.729. The second-order valence-electron chi connectivity index (χ2n) is 7.02. The van der Waals surface area contributed by atoms with E-state index in [9.17, 15) is 9.59 Å². The summed E-state index contributed by atoms with van der Waals surface area (Å²) in [5.41, 5.74) is 1.92. The van der Waals surface area contributed by atoms with Crippen molar-refractivity contribution in [1.82, 2.24) is 0 Å². The minimum Gasteiger partial charge on any atom is -0.294 e. The van der Waals surface area contributed by atoms with E-state index in [2.05, 4.69) is 19.6 Å². The minimum absolute atomic E-state index is 0.0425. The topological polar surface area (TPSA) is 34.1 Å². The second kappa shape index (κ2) is 4.14. The zero-order valence-electron chi connectivity index (χ0n) is 11.8. The van der Waals surface area contributed by atoms with E-state index in [4.69, 9.17) is 0 Å². The summed E-state index contributed by atoms with van der Waals surface area (Å²) < 4.78 is 0. The molecule has 19 heavy (non-hydrogen) atoms. The molecule has 1 aromatic carbocycles. The van der Waals surface area contributed by atoms with E-state index in [0.717, 1.165) is 12.8 Å². The average Bonchev–Trinajstić information content (AvgIpc) is 2.81. The third kappa shape index (κ3) is 1.91. The standard InChI is InChI=1S/C16H20O2Si/c1-19(2,3)10-8-13-14(9-10)16(18)12-7-5-4-6-11(12)15(13)17/h4-7,10,13-14H,8-9H2,1-3H3/t10?,13-,14+. The lowest BCUT2D eigenvalue weighted by atomic mass is 9.76. The van der Waals surface area contributed by atoms with Gasteiger partial charge in [-0.25, -0.2) is 0 Å². The lowest BCUT2D eigenvalue weighted by molar-refractivity contribution is 0.0763. The molecule has 2 nitrogen and oxygen atoms in total. The van der Waals surface area contributed by atoms with Gasteiger partial charge < -0.3 is 0 Å². The smallest absolute Gasteiger partial charge is 0.167 e. The lowest BCUT2D eigenvalue weighted by Crippen LogP contribution is -2.32. The third-order valence-electron chi connectivity index (χ3n) is 4.92. The Morgan fingerprint density at radius 1 is 0.895 bits per heavy atom. The van der Waals surface area contributed by atoms with Crippen LogP contribution in [-0.2, 0) is 0 Å². The maximum atomic E-state index is 12.6. The molecule has 3 atom stereocenters. The van der Waals surface area contributed by atoms with Crippen LogP contribution in [0.5, 0.6) is 0 Å². The van der Waals surface area contributed by atoms with Gasteiger partial charge in [0, 0.05) is 31.0 Å². The van der Waals surface area contributed by atoms with Gasteiger partial charge in [-0.3, -0.25) is 9.59 Å². The van der Waals surface area contributed by atoms with Crippen LogP contribution in [0.1, 0.15) is 33.6 Å². The van der Waals surface area contributed by atoms with Gasteiger partial charge in [0.25, 0.3) is 0 Å². The van der Waals surface area contributed by atoms with Crippen LogP contribution in [0, 0.1) is 11.8 Å². The van der Waals surface area contributed by atoms with Crippen LogP contribution in [0.3, 0.4) is 0 Å². The van der Waals surface area contributed by atoms with Crippen molar-refractivity contribution in [2.24, 2.45) is 11.8 Å². The molecular weight excluding hydrogens is 252 g/mol. The summed E-state index contributed by atoms with van der Waals surface area (Å²) in [6, 6.07) is 7.34. The van der Waals surface area contributed by atoms with Crippen LogP contribution in [0.15, 0.2) is 24.3 Å². The van der Waals surface area contributed by atoms with Crippen molar-refractivity contribution in [3.8, 4) is 0 Å². The molecule has 0 amide bonds. The van der Waals surface area contributed by atoms with Crippen LogP contribution in [-0.4, -0.2) is 19.6 Å². The minimum atomic E-state index is -1.28. The van der Waals surface area contributed by atoms with Crippen molar-refractivity contribution in [2.45, 2.75) is 38.0 Å². The van der Waals surface area contributed by atoms with Crippen molar-refractivity contribution in [2.75, 3.05) is 0 Å². The summed E-state index contributed by atoms with van der Waals surface area (Å²) in [4.78, 5) is 25.2. The molecule has 0 aliphatic heterocycles. The molecule has 100 valence electrons. The Balaban J connectivity index is 2.00. The summed E-state index contributed by atoms with van der Waals surface area (Å²) in [6.07, 6.45) is 1.86. The predicted molar refractivity (Wildman–Crippen MR) is 78.4 cm³/mol. The summed E-state index contributed by atoms with van der Waals surface area (Å²) in [5.74, 6) is 0.333. The molecule has 2 aliphatic carbocycles. The molecule has 0 saturated heterocycles. The third-order valence-corrected chi connectivity index (χ3v) is 7.84. The van der Waals surface area contributed by atoms with Gasteiger partial charge in [0.1, 0.15) is 0 Å². The highest BCUT2D eigenvalue weighted by atomic mass is 28.3. The first-order valence-electron chi connectivity index (χ1n) is 7.07. The van der Waals surface area contributed by atoms with E-state index < -0.39 is 8.07 Å². The first-order chi connectivity index (χ1) is 8.89. The van der Waals surface area contributed by atoms with Gasteiger partial charge in [-0.1, -0.05) is 43.9 Å². The number of fused-ring (bicyclic) bond motifs is 2. The fourth-order valence-electron chi connectivity index (χ4n) is 3.64. The van der Waals surface area contributed by atoms with Crippen LogP contribution >= 0.6 is 0 Å². The van der Waals surface area contributed by atoms with E-state index in [1.54, 1.807) is 0 Å². The first kappa shape index (κ1) is 12.8. The Morgan fingerprint density at radius 3 is 1.68 bits per heavy atom. The normalized spacial score (nSPS) is 30.2. The number of carbonyl (C=O) groups excluding carboxylic acids is 2. The molecule has 3 heteroatoms. The average molecular weight is 272 g/mol. The summed E-state index contributed by atoms with van der Waals surface area (Å²) in [5, 5.41) is 0. The Morgan fingerprint density at radius 2 is 1.32 bits per heavy atom. The molecule has 0 aromatic heterocycles. The Hall–Kier alpha value is -1.22. The maximum absolute atomic E-state index is 12.6. The van der Waals surface area contributed by atoms with Gasteiger partial charge >= 0.3 is 0 Å². The highest BCUT2D eigenvalue weighted by Crippen LogP contribution is 2.50. The number of hydrogen-bond donors (Lipinski definition) is 0. The number of carbonyl (C=O) groups is 2. The van der Waals surface area contributed by atoms with Crippen molar-refractivity contribution < 1.29 is 9.59 Å². The molecule has 1 fully saturated rings. The van der Waals surface area contributed by atoms with Gasteiger partial charge in [0.05, 0.1) is 0 Å². The zero-order valence-corrected chi connectivity index (χ0v) is 12.8. The van der Waals surface area contributed by atoms with E-state index >= 15 is 0 Å². The largest absolute Gasteiger partial charge is 0.294 e. The van der Waals surface area contributed by atoms with Gasteiger partial charge in [-0.15, -0.1) is 0 Å². The molecular formula is C16H20O2Si. The molecule has 0 bridgehead atoms. The van der Waals surface area contributed by atoms with Crippen LogP contribution in [0.2, 0.25) is 25.2 Å². The molecule has 1 unspecified atom stereocenters. The maximum Gasteiger partial charge on any atom is 0.167 e. The summed E-state index contributed by atoms with van der Waals surface area (Å²) in [6.45, 7) is 7.03. The van der Waals surface area contributed by atoms with Crippen molar-refractivity contribution in [1.29, 1.82) is 0 Å². The summed E-state index contributed by atoms with van der Waals surface area (Å²) >= 11 is 0. The Labute approximate surface area is 115 Å². The number of benzene rings is 1. The van der Waals surface area contributed by atoms with Crippen LogP contribution in [0.25, 0.3) is 0 Å². The van der Waals surface area contributed by atoms with Gasteiger partial charge in [-0.05, 0) is 18.4 Å².